The monoisotopic (exact) mass is 225 g/mol. The SMILES string of the molecule is C=C/C(=C\NC(=C)/C=C/C)c1cccc(C)c1. The van der Waals surface area contributed by atoms with Crippen LogP contribution >= 0.6 is 0 Å². The van der Waals surface area contributed by atoms with Crippen LogP contribution in [0, 0.1) is 6.92 Å². The van der Waals surface area contributed by atoms with Gasteiger partial charge in [-0.2, -0.15) is 0 Å². The Morgan fingerprint density at radius 1 is 1.35 bits per heavy atom. The van der Waals surface area contributed by atoms with Crippen LogP contribution in [0.1, 0.15) is 18.1 Å². The third kappa shape index (κ3) is 4.15. The predicted octanol–water partition coefficient (Wildman–Crippen LogP) is 4.20. The second-order valence-corrected chi connectivity index (χ2v) is 3.84. The first kappa shape index (κ1) is 13.0. The standard InChI is InChI=1S/C16H19N/c1-5-8-14(4)17-12-15(6-2)16-10-7-9-13(3)11-16/h5-12,17H,2,4H2,1,3H3/b8-5+,15-12+. The van der Waals surface area contributed by atoms with E-state index in [4.69, 9.17) is 0 Å². The maximum Gasteiger partial charge on any atom is 0.0303 e. The summed E-state index contributed by atoms with van der Waals surface area (Å²) in [4.78, 5) is 0. The molecule has 0 bridgehead atoms. The first-order valence-electron chi connectivity index (χ1n) is 5.65. The smallest absolute Gasteiger partial charge is 0.0303 e. The zero-order chi connectivity index (χ0) is 12.7. The third-order valence-electron chi connectivity index (χ3n) is 2.35. The van der Waals surface area contributed by atoms with Crippen molar-refractivity contribution in [1.29, 1.82) is 0 Å². The van der Waals surface area contributed by atoms with Gasteiger partial charge < -0.3 is 5.32 Å². The van der Waals surface area contributed by atoms with Gasteiger partial charge in [-0.25, -0.2) is 0 Å². The maximum absolute atomic E-state index is 3.89. The Morgan fingerprint density at radius 2 is 2.12 bits per heavy atom. The molecule has 1 nitrogen and oxygen atoms in total. The molecule has 1 aromatic rings. The Hall–Kier alpha value is -2.02. The van der Waals surface area contributed by atoms with Crippen LogP contribution in [-0.2, 0) is 0 Å². The highest BCUT2D eigenvalue weighted by atomic mass is 14.8. The summed E-state index contributed by atoms with van der Waals surface area (Å²) in [7, 11) is 0. The Kier molecular flexibility index (Phi) is 5.02. The lowest BCUT2D eigenvalue weighted by molar-refractivity contribution is 1.12. The number of allylic oxidation sites excluding steroid dienone is 4. The van der Waals surface area contributed by atoms with E-state index in [1.807, 2.05) is 37.4 Å². The molecule has 17 heavy (non-hydrogen) atoms. The molecule has 0 aliphatic heterocycles. The zero-order valence-corrected chi connectivity index (χ0v) is 10.5. The van der Waals surface area contributed by atoms with Crippen LogP contribution in [0.3, 0.4) is 0 Å². The normalized spacial score (nSPS) is 11.5. The minimum absolute atomic E-state index is 0.861. The van der Waals surface area contributed by atoms with E-state index in [2.05, 4.69) is 43.6 Å². The molecular weight excluding hydrogens is 206 g/mol. The van der Waals surface area contributed by atoms with Crippen LogP contribution < -0.4 is 5.32 Å². The van der Waals surface area contributed by atoms with E-state index in [0.717, 1.165) is 16.8 Å². The molecule has 0 radical (unpaired) electrons. The fourth-order valence-electron chi connectivity index (χ4n) is 1.50. The van der Waals surface area contributed by atoms with Crippen LogP contribution in [0.4, 0.5) is 0 Å². The molecule has 0 heterocycles. The molecular formula is C16H19N. The second kappa shape index (κ2) is 6.54. The van der Waals surface area contributed by atoms with Gasteiger partial charge in [0.05, 0.1) is 0 Å². The number of nitrogens with one attached hydrogen (secondary N) is 1. The molecule has 0 aromatic heterocycles. The van der Waals surface area contributed by atoms with Crippen molar-refractivity contribution in [3.63, 3.8) is 0 Å². The summed E-state index contributed by atoms with van der Waals surface area (Å²) < 4.78 is 0. The maximum atomic E-state index is 3.89. The van der Waals surface area contributed by atoms with Crippen molar-refractivity contribution >= 4 is 5.57 Å². The molecule has 0 fully saturated rings. The van der Waals surface area contributed by atoms with Crippen LogP contribution in [0.15, 0.2) is 67.5 Å². The number of hydrogen-bond donors (Lipinski definition) is 1. The van der Waals surface area contributed by atoms with Crippen molar-refractivity contribution in [2.45, 2.75) is 13.8 Å². The Morgan fingerprint density at radius 3 is 2.71 bits per heavy atom. The van der Waals surface area contributed by atoms with Gasteiger partial charge >= 0.3 is 0 Å². The molecule has 1 aromatic carbocycles. The van der Waals surface area contributed by atoms with Gasteiger partial charge in [-0.1, -0.05) is 55.1 Å². The van der Waals surface area contributed by atoms with Crippen LogP contribution in [0.2, 0.25) is 0 Å². The zero-order valence-electron chi connectivity index (χ0n) is 10.5. The number of benzene rings is 1. The lowest BCUT2D eigenvalue weighted by Gasteiger charge is -2.05. The summed E-state index contributed by atoms with van der Waals surface area (Å²) in [6.45, 7) is 11.8. The molecule has 0 spiro atoms. The lowest BCUT2D eigenvalue weighted by Crippen LogP contribution is -2.01. The highest BCUT2D eigenvalue weighted by molar-refractivity contribution is 5.73. The summed E-state index contributed by atoms with van der Waals surface area (Å²) in [5, 5.41) is 3.14. The highest BCUT2D eigenvalue weighted by Crippen LogP contribution is 2.16. The van der Waals surface area contributed by atoms with E-state index in [9.17, 15) is 0 Å². The molecule has 0 amide bonds. The summed E-state index contributed by atoms with van der Waals surface area (Å²) in [5.41, 5.74) is 4.31. The third-order valence-corrected chi connectivity index (χ3v) is 2.35. The van der Waals surface area contributed by atoms with Crippen molar-refractivity contribution < 1.29 is 0 Å². The van der Waals surface area contributed by atoms with Gasteiger partial charge in [0.25, 0.3) is 0 Å². The van der Waals surface area contributed by atoms with Gasteiger partial charge in [-0.15, -0.1) is 0 Å². The van der Waals surface area contributed by atoms with Crippen molar-refractivity contribution in [3.05, 3.63) is 78.7 Å². The van der Waals surface area contributed by atoms with E-state index in [1.54, 1.807) is 0 Å². The van der Waals surface area contributed by atoms with Gasteiger partial charge in [0, 0.05) is 11.9 Å². The van der Waals surface area contributed by atoms with Gasteiger partial charge in [0.2, 0.25) is 0 Å². The molecule has 1 rings (SSSR count). The van der Waals surface area contributed by atoms with E-state index in [1.165, 1.54) is 5.56 Å². The molecule has 0 aliphatic rings. The summed E-state index contributed by atoms with van der Waals surface area (Å²) in [5.74, 6) is 0. The van der Waals surface area contributed by atoms with Crippen LogP contribution in [0.5, 0.6) is 0 Å². The minimum Gasteiger partial charge on any atom is -0.362 e. The van der Waals surface area contributed by atoms with Gasteiger partial charge in [-0.05, 0) is 31.1 Å². The fourth-order valence-corrected chi connectivity index (χ4v) is 1.50. The number of hydrogen-bond acceptors (Lipinski definition) is 1. The minimum atomic E-state index is 0.861. The first-order chi connectivity index (χ1) is 8.17. The fraction of sp³-hybridized carbons (Fsp3) is 0.125. The average molecular weight is 225 g/mol. The van der Waals surface area contributed by atoms with Crippen molar-refractivity contribution in [3.8, 4) is 0 Å². The molecule has 0 unspecified atom stereocenters. The molecule has 0 saturated carbocycles. The lowest BCUT2D eigenvalue weighted by atomic mass is 10.0. The second-order valence-electron chi connectivity index (χ2n) is 3.84. The molecule has 0 saturated heterocycles. The Labute approximate surface area is 104 Å². The van der Waals surface area contributed by atoms with Crippen LogP contribution in [0.25, 0.3) is 5.57 Å². The van der Waals surface area contributed by atoms with Gasteiger partial charge in [-0.3, -0.25) is 0 Å². The van der Waals surface area contributed by atoms with E-state index in [-0.39, 0.29) is 0 Å². The van der Waals surface area contributed by atoms with E-state index >= 15 is 0 Å². The van der Waals surface area contributed by atoms with Crippen molar-refractivity contribution in [2.75, 3.05) is 0 Å². The van der Waals surface area contributed by atoms with Gasteiger partial charge in [0.15, 0.2) is 0 Å². The molecule has 0 atom stereocenters. The molecule has 1 N–H and O–H groups in total. The number of rotatable bonds is 5. The highest BCUT2D eigenvalue weighted by Gasteiger charge is 1.97. The molecule has 88 valence electrons. The Balaban J connectivity index is 2.88. The molecule has 0 aliphatic carbocycles. The summed E-state index contributed by atoms with van der Waals surface area (Å²) in [6.07, 6.45) is 7.63. The summed E-state index contributed by atoms with van der Waals surface area (Å²) >= 11 is 0. The van der Waals surface area contributed by atoms with E-state index in [0.29, 0.717) is 0 Å². The number of aryl methyl sites for hydroxylation is 1. The topological polar surface area (TPSA) is 12.0 Å². The largest absolute Gasteiger partial charge is 0.362 e. The van der Waals surface area contributed by atoms with Crippen molar-refractivity contribution in [2.24, 2.45) is 0 Å². The average Bonchev–Trinajstić information content (AvgIpc) is 2.30. The van der Waals surface area contributed by atoms with Crippen molar-refractivity contribution in [1.82, 2.24) is 5.32 Å². The van der Waals surface area contributed by atoms with Crippen LogP contribution in [-0.4, -0.2) is 0 Å². The van der Waals surface area contributed by atoms with E-state index < -0.39 is 0 Å². The Bertz CT molecular complexity index is 464. The van der Waals surface area contributed by atoms with Gasteiger partial charge in [0.1, 0.15) is 0 Å². The first-order valence-corrected chi connectivity index (χ1v) is 5.65. The predicted molar refractivity (Wildman–Crippen MR) is 76.4 cm³/mol. The quantitative estimate of drug-likeness (QED) is 0.740. The summed E-state index contributed by atoms with van der Waals surface area (Å²) in [6, 6.07) is 8.33. The molecule has 1 heteroatoms.